The Hall–Kier alpha value is -1.88. The Labute approximate surface area is 124 Å². The zero-order valence-corrected chi connectivity index (χ0v) is 12.3. The lowest BCUT2D eigenvalue weighted by Gasteiger charge is -2.07. The van der Waals surface area contributed by atoms with Crippen molar-refractivity contribution in [3.8, 4) is 5.75 Å². The number of esters is 1. The van der Waals surface area contributed by atoms with Gasteiger partial charge in [0.1, 0.15) is 11.3 Å². The van der Waals surface area contributed by atoms with Crippen LogP contribution in [0.5, 0.6) is 5.75 Å². The third-order valence-electron chi connectivity index (χ3n) is 3.15. The van der Waals surface area contributed by atoms with E-state index in [2.05, 4.69) is 11.8 Å². The second-order valence-corrected chi connectivity index (χ2v) is 4.87. The minimum absolute atomic E-state index is 0.0243. The number of benzene rings is 1. The van der Waals surface area contributed by atoms with E-state index in [0.29, 0.717) is 6.42 Å². The van der Waals surface area contributed by atoms with Crippen LogP contribution in [-0.2, 0) is 9.68 Å². The van der Waals surface area contributed by atoms with E-state index in [-0.39, 0.29) is 17.3 Å². The molecule has 0 radical (unpaired) electrons. The number of para-hydroxylation sites is 1. The number of hydrogen-bond donors (Lipinski definition) is 1. The number of ether oxygens (including phenoxy) is 1. The van der Waals surface area contributed by atoms with Crippen molar-refractivity contribution >= 4 is 11.9 Å². The van der Waals surface area contributed by atoms with Crippen LogP contribution in [0.1, 0.15) is 62.2 Å². The molecule has 0 aliphatic rings. The summed E-state index contributed by atoms with van der Waals surface area (Å²) in [5.74, 6) is -1.23. The molecule has 0 saturated carbocycles. The van der Waals surface area contributed by atoms with Gasteiger partial charge in [0.2, 0.25) is 0 Å². The maximum Gasteiger partial charge on any atom is 0.376 e. The van der Waals surface area contributed by atoms with Gasteiger partial charge in [-0.2, -0.15) is 5.26 Å². The molecule has 116 valence electrons. The van der Waals surface area contributed by atoms with Crippen LogP contribution < -0.4 is 4.74 Å². The minimum atomic E-state index is -0.946. The van der Waals surface area contributed by atoms with Gasteiger partial charge < -0.3 is 4.74 Å². The molecular formula is C16H22O5. The molecule has 0 aromatic heterocycles. The molecule has 21 heavy (non-hydrogen) atoms. The largest absolute Gasteiger partial charge is 0.426 e. The molecule has 0 atom stereocenters. The molecule has 0 bridgehead atoms. The van der Waals surface area contributed by atoms with Crippen molar-refractivity contribution in [2.45, 2.75) is 51.9 Å². The Kier molecular flexibility index (Phi) is 8.12. The van der Waals surface area contributed by atoms with Crippen LogP contribution in [0.25, 0.3) is 0 Å². The van der Waals surface area contributed by atoms with Crippen molar-refractivity contribution in [1.82, 2.24) is 0 Å². The molecule has 5 heteroatoms. The maximum atomic E-state index is 11.7. The second-order valence-electron chi connectivity index (χ2n) is 4.87. The van der Waals surface area contributed by atoms with Crippen molar-refractivity contribution in [3.63, 3.8) is 0 Å². The Bertz CT molecular complexity index is 456. The SMILES string of the molecule is CCCCCCCCC(=O)Oc1ccccc1C(=O)OO. The predicted molar refractivity (Wildman–Crippen MR) is 78.1 cm³/mol. The Morgan fingerprint density at radius 3 is 2.43 bits per heavy atom. The van der Waals surface area contributed by atoms with E-state index < -0.39 is 5.97 Å². The summed E-state index contributed by atoms with van der Waals surface area (Å²) in [6.07, 6.45) is 6.81. The normalized spacial score (nSPS) is 10.2. The fraction of sp³-hybridized carbons (Fsp3) is 0.500. The highest BCUT2D eigenvalue weighted by Crippen LogP contribution is 2.19. The summed E-state index contributed by atoms with van der Waals surface area (Å²) in [4.78, 5) is 26.7. The van der Waals surface area contributed by atoms with Gasteiger partial charge in [-0.1, -0.05) is 51.2 Å². The molecule has 0 spiro atoms. The molecule has 0 fully saturated rings. The average molecular weight is 294 g/mol. The van der Waals surface area contributed by atoms with E-state index in [1.54, 1.807) is 12.1 Å². The van der Waals surface area contributed by atoms with E-state index in [4.69, 9.17) is 9.99 Å². The average Bonchev–Trinajstić information content (AvgIpc) is 2.50. The fourth-order valence-electron chi connectivity index (χ4n) is 2.00. The molecule has 1 aromatic carbocycles. The Balaban J connectivity index is 2.39. The van der Waals surface area contributed by atoms with Crippen molar-refractivity contribution in [2.24, 2.45) is 0 Å². The zero-order chi connectivity index (χ0) is 15.5. The summed E-state index contributed by atoms with van der Waals surface area (Å²) in [5.41, 5.74) is 0.0243. The monoisotopic (exact) mass is 294 g/mol. The first-order valence-corrected chi connectivity index (χ1v) is 7.34. The van der Waals surface area contributed by atoms with E-state index in [1.165, 1.54) is 31.4 Å². The second kappa shape index (κ2) is 9.94. The summed E-state index contributed by atoms with van der Waals surface area (Å²) < 4.78 is 5.15. The van der Waals surface area contributed by atoms with Crippen molar-refractivity contribution in [2.75, 3.05) is 0 Å². The quantitative estimate of drug-likeness (QED) is 0.245. The highest BCUT2D eigenvalue weighted by molar-refractivity contribution is 5.93. The van der Waals surface area contributed by atoms with Crippen LogP contribution >= 0.6 is 0 Å². The molecule has 1 rings (SSSR count). The van der Waals surface area contributed by atoms with E-state index in [0.717, 1.165) is 19.3 Å². The molecule has 0 aliphatic carbocycles. The van der Waals surface area contributed by atoms with Gasteiger partial charge in [0.05, 0.1) is 0 Å². The lowest BCUT2D eigenvalue weighted by molar-refractivity contribution is -0.183. The van der Waals surface area contributed by atoms with Crippen LogP contribution in [0.4, 0.5) is 0 Å². The van der Waals surface area contributed by atoms with Crippen LogP contribution in [0.2, 0.25) is 0 Å². The van der Waals surface area contributed by atoms with Crippen LogP contribution in [0, 0.1) is 0 Å². The van der Waals surface area contributed by atoms with Crippen molar-refractivity contribution in [1.29, 1.82) is 0 Å². The first-order chi connectivity index (χ1) is 10.2. The lowest BCUT2D eigenvalue weighted by Crippen LogP contribution is -2.11. The van der Waals surface area contributed by atoms with Gasteiger partial charge in [-0.3, -0.25) is 9.68 Å². The zero-order valence-electron chi connectivity index (χ0n) is 12.3. The van der Waals surface area contributed by atoms with Crippen molar-refractivity contribution in [3.05, 3.63) is 29.8 Å². The molecular weight excluding hydrogens is 272 g/mol. The molecule has 0 aliphatic heterocycles. The van der Waals surface area contributed by atoms with Crippen LogP contribution in [-0.4, -0.2) is 17.2 Å². The molecule has 0 amide bonds. The van der Waals surface area contributed by atoms with Gasteiger partial charge >= 0.3 is 11.9 Å². The van der Waals surface area contributed by atoms with E-state index >= 15 is 0 Å². The topological polar surface area (TPSA) is 72.8 Å². The Morgan fingerprint density at radius 1 is 1.05 bits per heavy atom. The van der Waals surface area contributed by atoms with Gasteiger partial charge in [-0.15, -0.1) is 0 Å². The number of unbranched alkanes of at least 4 members (excludes halogenated alkanes) is 5. The van der Waals surface area contributed by atoms with Gasteiger partial charge in [-0.25, -0.2) is 4.79 Å². The van der Waals surface area contributed by atoms with Gasteiger partial charge in [0.25, 0.3) is 0 Å². The predicted octanol–water partition coefficient (Wildman–Crippen LogP) is 3.97. The van der Waals surface area contributed by atoms with E-state index in [9.17, 15) is 9.59 Å². The molecule has 0 heterocycles. The van der Waals surface area contributed by atoms with E-state index in [1.807, 2.05) is 0 Å². The minimum Gasteiger partial charge on any atom is -0.426 e. The summed E-state index contributed by atoms with van der Waals surface area (Å²) >= 11 is 0. The van der Waals surface area contributed by atoms with Crippen LogP contribution in [0.3, 0.4) is 0 Å². The summed E-state index contributed by atoms with van der Waals surface area (Å²) in [7, 11) is 0. The number of carbonyl (C=O) groups excluding carboxylic acids is 2. The third kappa shape index (κ3) is 6.40. The molecule has 5 nitrogen and oxygen atoms in total. The third-order valence-corrected chi connectivity index (χ3v) is 3.15. The van der Waals surface area contributed by atoms with Crippen molar-refractivity contribution < 1.29 is 24.5 Å². The first-order valence-electron chi connectivity index (χ1n) is 7.34. The standard InChI is InChI=1S/C16H22O5/c1-2-3-4-5-6-7-12-15(17)20-14-11-9-8-10-13(14)16(18)21-19/h8-11,19H,2-7,12H2,1H3. The highest BCUT2D eigenvalue weighted by Gasteiger charge is 2.16. The fourth-order valence-corrected chi connectivity index (χ4v) is 2.00. The molecule has 0 saturated heterocycles. The molecule has 0 unspecified atom stereocenters. The maximum absolute atomic E-state index is 11.7. The summed E-state index contributed by atoms with van der Waals surface area (Å²) in [6.45, 7) is 2.16. The van der Waals surface area contributed by atoms with Crippen LogP contribution in [0.15, 0.2) is 24.3 Å². The number of rotatable bonds is 9. The summed E-state index contributed by atoms with van der Waals surface area (Å²) in [5, 5.41) is 8.40. The molecule has 1 N–H and O–H groups in total. The lowest BCUT2D eigenvalue weighted by atomic mass is 10.1. The van der Waals surface area contributed by atoms with Gasteiger partial charge in [0, 0.05) is 6.42 Å². The number of carbonyl (C=O) groups is 2. The smallest absolute Gasteiger partial charge is 0.376 e. The molecule has 1 aromatic rings. The first kappa shape index (κ1) is 17.2. The number of hydrogen-bond acceptors (Lipinski definition) is 5. The Morgan fingerprint density at radius 2 is 1.71 bits per heavy atom. The highest BCUT2D eigenvalue weighted by atomic mass is 17.1. The van der Waals surface area contributed by atoms with Gasteiger partial charge in [-0.05, 0) is 18.6 Å². The summed E-state index contributed by atoms with van der Waals surface area (Å²) in [6, 6.07) is 6.15. The van der Waals surface area contributed by atoms with Gasteiger partial charge in [0.15, 0.2) is 0 Å².